The van der Waals surface area contributed by atoms with Gasteiger partial charge in [-0.1, -0.05) is 42.0 Å². The fourth-order valence-corrected chi connectivity index (χ4v) is 4.04. The molecule has 5 nitrogen and oxygen atoms in total. The number of aliphatic imine (C=N–C) groups is 1. The Hall–Kier alpha value is -1.12. The Morgan fingerprint density at radius 1 is 1.18 bits per heavy atom. The maximum atomic E-state index is 5.58. The normalized spacial score (nSPS) is 19.9. The zero-order chi connectivity index (χ0) is 19.1. The largest absolute Gasteiger partial charge is 0.381 e. The molecule has 0 unspecified atom stereocenters. The molecular formula is C22H35IN4O. The predicted octanol–water partition coefficient (Wildman–Crippen LogP) is 3.47. The summed E-state index contributed by atoms with van der Waals surface area (Å²) in [5, 5.41) is 3.65. The molecule has 156 valence electrons. The predicted molar refractivity (Wildman–Crippen MR) is 128 cm³/mol. The van der Waals surface area contributed by atoms with Crippen LogP contribution in [0.25, 0.3) is 6.08 Å². The van der Waals surface area contributed by atoms with Crippen molar-refractivity contribution in [3.63, 3.8) is 0 Å². The molecule has 0 radical (unpaired) electrons. The summed E-state index contributed by atoms with van der Waals surface area (Å²) in [6, 6.07) is 10.6. The number of likely N-dealkylation sites (tertiary alicyclic amines) is 1. The number of rotatable bonds is 4. The van der Waals surface area contributed by atoms with E-state index in [2.05, 4.69) is 70.6 Å². The molecule has 1 N–H and O–H groups in total. The Morgan fingerprint density at radius 2 is 1.82 bits per heavy atom. The van der Waals surface area contributed by atoms with Gasteiger partial charge in [0.15, 0.2) is 5.96 Å². The van der Waals surface area contributed by atoms with Crippen LogP contribution in [0.4, 0.5) is 0 Å². The smallest absolute Gasteiger partial charge is 0.193 e. The van der Waals surface area contributed by atoms with Crippen molar-refractivity contribution in [1.82, 2.24) is 15.1 Å². The first kappa shape index (κ1) is 23.2. The van der Waals surface area contributed by atoms with Crippen LogP contribution in [0.15, 0.2) is 40.9 Å². The number of guanidine groups is 1. The first-order valence-electron chi connectivity index (χ1n) is 10.1. The highest BCUT2D eigenvalue weighted by Crippen LogP contribution is 2.25. The quantitative estimate of drug-likeness (QED) is 0.392. The third kappa shape index (κ3) is 5.94. The molecule has 28 heavy (non-hydrogen) atoms. The Bertz CT molecular complexity index is 644. The monoisotopic (exact) mass is 498 g/mol. The van der Waals surface area contributed by atoms with Gasteiger partial charge in [0.25, 0.3) is 0 Å². The molecule has 1 aromatic carbocycles. The molecule has 2 heterocycles. The van der Waals surface area contributed by atoms with Gasteiger partial charge in [0, 0.05) is 45.4 Å². The molecular weight excluding hydrogens is 463 g/mol. The highest BCUT2D eigenvalue weighted by atomic mass is 127. The van der Waals surface area contributed by atoms with Gasteiger partial charge in [-0.15, -0.1) is 24.0 Å². The number of benzene rings is 1. The molecule has 3 rings (SSSR count). The zero-order valence-corrected chi connectivity index (χ0v) is 19.8. The zero-order valence-electron chi connectivity index (χ0n) is 17.5. The number of hydrogen-bond acceptors (Lipinski definition) is 3. The van der Waals surface area contributed by atoms with Crippen molar-refractivity contribution < 1.29 is 4.74 Å². The minimum Gasteiger partial charge on any atom is -0.381 e. The van der Waals surface area contributed by atoms with E-state index in [4.69, 9.17) is 4.74 Å². The second-order valence-electron chi connectivity index (χ2n) is 7.83. The second kappa shape index (κ2) is 11.2. The van der Waals surface area contributed by atoms with Crippen LogP contribution in [0.3, 0.4) is 0 Å². The molecule has 2 aliphatic heterocycles. The minimum absolute atomic E-state index is 0. The Balaban J connectivity index is 0.00000280. The van der Waals surface area contributed by atoms with Gasteiger partial charge in [-0.2, -0.15) is 0 Å². The third-order valence-corrected chi connectivity index (χ3v) is 6.04. The van der Waals surface area contributed by atoms with Crippen LogP contribution in [0.2, 0.25) is 0 Å². The Kier molecular flexibility index (Phi) is 9.24. The topological polar surface area (TPSA) is 40.1 Å². The lowest BCUT2D eigenvalue weighted by Crippen LogP contribution is -2.57. The molecule has 0 aromatic heterocycles. The third-order valence-electron chi connectivity index (χ3n) is 6.04. The lowest BCUT2D eigenvalue weighted by molar-refractivity contribution is -0.00527. The summed E-state index contributed by atoms with van der Waals surface area (Å²) < 4.78 is 5.58. The van der Waals surface area contributed by atoms with Crippen LogP contribution in [0, 0.1) is 0 Å². The van der Waals surface area contributed by atoms with Gasteiger partial charge in [0.05, 0.1) is 0 Å². The van der Waals surface area contributed by atoms with Crippen molar-refractivity contribution in [2.24, 2.45) is 4.99 Å². The van der Waals surface area contributed by atoms with Crippen molar-refractivity contribution in [1.29, 1.82) is 0 Å². The Labute approximate surface area is 187 Å². The standard InChI is InChI=1S/C22H34N4O.HI/c1-23-21(24-18-22(25(2)3)11-15-27-16-12-22)26-13-9-20(10-14-26)17-19-7-5-4-6-8-19;/h4-8,17H,9-16,18H2,1-3H3,(H,23,24);1H. The lowest BCUT2D eigenvalue weighted by atomic mass is 9.88. The van der Waals surface area contributed by atoms with Crippen molar-refractivity contribution in [2.45, 2.75) is 31.2 Å². The van der Waals surface area contributed by atoms with Gasteiger partial charge in [0.1, 0.15) is 0 Å². The molecule has 0 atom stereocenters. The van der Waals surface area contributed by atoms with Crippen molar-refractivity contribution in [3.8, 4) is 0 Å². The molecule has 0 spiro atoms. The number of nitrogens with one attached hydrogen (secondary N) is 1. The van der Waals surface area contributed by atoms with E-state index in [1.165, 1.54) is 11.1 Å². The van der Waals surface area contributed by atoms with E-state index in [0.717, 1.165) is 64.5 Å². The van der Waals surface area contributed by atoms with Crippen LogP contribution in [-0.2, 0) is 4.74 Å². The van der Waals surface area contributed by atoms with E-state index in [1.54, 1.807) is 0 Å². The van der Waals surface area contributed by atoms with E-state index in [9.17, 15) is 0 Å². The molecule has 2 aliphatic rings. The van der Waals surface area contributed by atoms with Crippen molar-refractivity contribution in [2.75, 3.05) is 54.0 Å². The van der Waals surface area contributed by atoms with Crippen LogP contribution in [-0.4, -0.2) is 75.3 Å². The average molecular weight is 498 g/mol. The summed E-state index contributed by atoms with van der Waals surface area (Å²) in [7, 11) is 6.25. The molecule has 0 saturated carbocycles. The summed E-state index contributed by atoms with van der Waals surface area (Å²) in [5.74, 6) is 1.03. The minimum atomic E-state index is 0. The summed E-state index contributed by atoms with van der Waals surface area (Å²) in [6.07, 6.45) is 6.67. The number of halogens is 1. The number of likely N-dealkylation sites (N-methyl/N-ethyl adjacent to an activating group) is 1. The first-order valence-corrected chi connectivity index (χ1v) is 10.1. The maximum absolute atomic E-state index is 5.58. The number of hydrogen-bond donors (Lipinski definition) is 1. The molecule has 2 fully saturated rings. The van der Waals surface area contributed by atoms with Gasteiger partial charge < -0.3 is 19.9 Å². The van der Waals surface area contributed by atoms with E-state index in [0.29, 0.717) is 0 Å². The average Bonchev–Trinajstić information content (AvgIpc) is 2.71. The van der Waals surface area contributed by atoms with Crippen molar-refractivity contribution >= 4 is 36.0 Å². The van der Waals surface area contributed by atoms with Crippen LogP contribution in [0.5, 0.6) is 0 Å². The fourth-order valence-electron chi connectivity index (χ4n) is 4.04. The number of nitrogens with zero attached hydrogens (tertiary/aromatic N) is 3. The van der Waals surface area contributed by atoms with E-state index in [1.807, 2.05) is 7.05 Å². The molecule has 6 heteroatoms. The summed E-state index contributed by atoms with van der Waals surface area (Å²) >= 11 is 0. The van der Waals surface area contributed by atoms with E-state index < -0.39 is 0 Å². The Morgan fingerprint density at radius 3 is 2.39 bits per heavy atom. The summed E-state index contributed by atoms with van der Waals surface area (Å²) in [6.45, 7) is 4.65. The van der Waals surface area contributed by atoms with Gasteiger partial charge in [-0.25, -0.2) is 0 Å². The molecule has 2 saturated heterocycles. The number of piperidine rings is 1. The van der Waals surface area contributed by atoms with Gasteiger partial charge >= 0.3 is 0 Å². The molecule has 0 amide bonds. The van der Waals surface area contributed by atoms with Crippen LogP contribution >= 0.6 is 24.0 Å². The van der Waals surface area contributed by atoms with Gasteiger partial charge in [-0.3, -0.25) is 4.99 Å². The number of ether oxygens (including phenoxy) is 1. The second-order valence-corrected chi connectivity index (χ2v) is 7.83. The highest BCUT2D eigenvalue weighted by molar-refractivity contribution is 14.0. The van der Waals surface area contributed by atoms with Crippen LogP contribution in [0.1, 0.15) is 31.2 Å². The fraction of sp³-hybridized carbons (Fsp3) is 0.591. The lowest BCUT2D eigenvalue weighted by Gasteiger charge is -2.44. The van der Waals surface area contributed by atoms with Gasteiger partial charge in [0.2, 0.25) is 0 Å². The maximum Gasteiger partial charge on any atom is 0.193 e. The molecule has 1 aromatic rings. The van der Waals surface area contributed by atoms with Gasteiger partial charge in [-0.05, 0) is 45.3 Å². The van der Waals surface area contributed by atoms with E-state index >= 15 is 0 Å². The molecule has 0 aliphatic carbocycles. The first-order chi connectivity index (χ1) is 13.1. The SMILES string of the molecule is CN=C(NCC1(N(C)C)CCOCC1)N1CCC(=Cc2ccccc2)CC1.I. The van der Waals surface area contributed by atoms with E-state index in [-0.39, 0.29) is 29.5 Å². The highest BCUT2D eigenvalue weighted by Gasteiger charge is 2.35. The molecule has 0 bridgehead atoms. The summed E-state index contributed by atoms with van der Waals surface area (Å²) in [4.78, 5) is 9.31. The summed E-state index contributed by atoms with van der Waals surface area (Å²) in [5.41, 5.74) is 2.99. The van der Waals surface area contributed by atoms with Crippen LogP contribution < -0.4 is 5.32 Å². The van der Waals surface area contributed by atoms with Crippen molar-refractivity contribution in [3.05, 3.63) is 41.5 Å².